The van der Waals surface area contributed by atoms with Gasteiger partial charge in [-0.2, -0.15) is 0 Å². The standard InChI is InChI=1S/C20H12S2/c1-3-7-13-11(5-1)9-15-17(13)21-20-16-10-12-6-2-4-8-14(12)18(16)22-19(15)20/h1-8H,9-10H2. The molecule has 0 spiro atoms. The van der Waals surface area contributed by atoms with Crippen LogP contribution in [0, 0.1) is 0 Å². The first-order chi connectivity index (χ1) is 10.9. The first kappa shape index (κ1) is 11.6. The maximum atomic E-state index is 2.29. The quantitative estimate of drug-likeness (QED) is 0.317. The minimum atomic E-state index is 1.12. The van der Waals surface area contributed by atoms with Crippen molar-refractivity contribution in [1.82, 2.24) is 0 Å². The van der Waals surface area contributed by atoms with E-state index in [4.69, 9.17) is 0 Å². The Morgan fingerprint density at radius 3 is 1.55 bits per heavy atom. The molecule has 2 aromatic carbocycles. The van der Waals surface area contributed by atoms with Gasteiger partial charge in [0.05, 0.1) is 9.40 Å². The van der Waals surface area contributed by atoms with Crippen molar-refractivity contribution in [3.63, 3.8) is 0 Å². The predicted molar refractivity (Wildman–Crippen MR) is 96.2 cm³/mol. The summed E-state index contributed by atoms with van der Waals surface area (Å²) in [6.07, 6.45) is 2.24. The molecular formula is C20H12S2. The molecule has 0 aliphatic heterocycles. The molecule has 2 heteroatoms. The van der Waals surface area contributed by atoms with Gasteiger partial charge >= 0.3 is 0 Å². The van der Waals surface area contributed by atoms with E-state index in [0.29, 0.717) is 0 Å². The Hall–Kier alpha value is -1.90. The van der Waals surface area contributed by atoms with Crippen LogP contribution < -0.4 is 0 Å². The number of rotatable bonds is 0. The SMILES string of the molecule is c1ccc2c(c1)Cc1c-2sc2c3c(sc12)-c1ccccc1C3. The van der Waals surface area contributed by atoms with Crippen molar-refractivity contribution in [2.75, 3.05) is 0 Å². The van der Waals surface area contributed by atoms with Crippen molar-refractivity contribution in [1.29, 1.82) is 0 Å². The smallest absolute Gasteiger partial charge is 0.0502 e. The third-order valence-electron chi connectivity index (χ3n) is 4.97. The van der Waals surface area contributed by atoms with E-state index in [1.165, 1.54) is 32.0 Å². The number of benzene rings is 2. The third kappa shape index (κ3) is 1.29. The average Bonchev–Trinajstić information content (AvgIpc) is 3.24. The molecule has 0 radical (unpaired) electrons. The third-order valence-corrected chi connectivity index (χ3v) is 7.75. The largest absolute Gasteiger partial charge is 0.134 e. The molecule has 0 unspecified atom stereocenters. The minimum Gasteiger partial charge on any atom is -0.134 e. The molecule has 2 heterocycles. The lowest BCUT2D eigenvalue weighted by Crippen LogP contribution is -1.80. The number of hydrogen-bond donors (Lipinski definition) is 0. The highest BCUT2D eigenvalue weighted by molar-refractivity contribution is 7.32. The van der Waals surface area contributed by atoms with Gasteiger partial charge in [-0.3, -0.25) is 0 Å². The molecule has 4 aromatic rings. The Labute approximate surface area is 136 Å². The lowest BCUT2D eigenvalue weighted by Gasteiger charge is -1.97. The second-order valence-corrected chi connectivity index (χ2v) is 8.19. The Morgan fingerprint density at radius 2 is 1.05 bits per heavy atom. The zero-order chi connectivity index (χ0) is 14.3. The topological polar surface area (TPSA) is 0 Å². The predicted octanol–water partition coefficient (Wildman–Crippen LogP) is 6.11. The van der Waals surface area contributed by atoms with Crippen LogP contribution in [0.3, 0.4) is 0 Å². The van der Waals surface area contributed by atoms with Gasteiger partial charge in [0.2, 0.25) is 0 Å². The van der Waals surface area contributed by atoms with Crippen molar-refractivity contribution in [3.05, 3.63) is 70.8 Å². The van der Waals surface area contributed by atoms with E-state index < -0.39 is 0 Å². The minimum absolute atomic E-state index is 1.12. The lowest BCUT2D eigenvalue weighted by molar-refractivity contribution is 1.28. The van der Waals surface area contributed by atoms with Crippen LogP contribution in [0.15, 0.2) is 48.5 Å². The summed E-state index contributed by atoms with van der Waals surface area (Å²) in [5, 5.41) is 0. The van der Waals surface area contributed by atoms with Gasteiger partial charge < -0.3 is 0 Å². The first-order valence-electron chi connectivity index (χ1n) is 7.64. The number of hydrogen-bond acceptors (Lipinski definition) is 2. The summed E-state index contributed by atoms with van der Waals surface area (Å²) < 4.78 is 3.10. The Bertz CT molecular complexity index is 991. The van der Waals surface area contributed by atoms with Crippen molar-refractivity contribution in [2.24, 2.45) is 0 Å². The van der Waals surface area contributed by atoms with Gasteiger partial charge in [0.15, 0.2) is 0 Å². The summed E-state index contributed by atoms with van der Waals surface area (Å²) in [5.74, 6) is 0. The Balaban J connectivity index is 1.65. The normalized spacial score (nSPS) is 14.0. The molecule has 2 aliphatic carbocycles. The van der Waals surface area contributed by atoms with Gasteiger partial charge in [-0.15, -0.1) is 22.7 Å². The summed E-state index contributed by atoms with van der Waals surface area (Å²) in [4.78, 5) is 3.05. The molecule has 0 nitrogen and oxygen atoms in total. The lowest BCUT2D eigenvalue weighted by atomic mass is 10.1. The zero-order valence-electron chi connectivity index (χ0n) is 11.8. The molecule has 6 rings (SSSR count). The van der Waals surface area contributed by atoms with Crippen LogP contribution in [-0.4, -0.2) is 0 Å². The molecule has 0 fully saturated rings. The molecule has 0 N–H and O–H groups in total. The fourth-order valence-corrected chi connectivity index (χ4v) is 6.98. The monoisotopic (exact) mass is 316 g/mol. The zero-order valence-corrected chi connectivity index (χ0v) is 13.5. The highest BCUT2D eigenvalue weighted by Gasteiger charge is 2.30. The summed E-state index contributed by atoms with van der Waals surface area (Å²) >= 11 is 4.04. The van der Waals surface area contributed by atoms with E-state index in [0.717, 1.165) is 12.8 Å². The second-order valence-electron chi connectivity index (χ2n) is 6.15. The fraction of sp³-hybridized carbons (Fsp3) is 0.100. The molecule has 2 aliphatic rings. The van der Waals surface area contributed by atoms with Crippen LogP contribution in [0.1, 0.15) is 22.3 Å². The summed E-state index contributed by atoms with van der Waals surface area (Å²) in [7, 11) is 0. The van der Waals surface area contributed by atoms with E-state index in [2.05, 4.69) is 48.5 Å². The summed E-state index contributed by atoms with van der Waals surface area (Å²) in [6, 6.07) is 17.8. The molecule has 0 amide bonds. The Kier molecular flexibility index (Phi) is 2.06. The van der Waals surface area contributed by atoms with Crippen LogP contribution in [0.5, 0.6) is 0 Å². The van der Waals surface area contributed by atoms with Crippen molar-refractivity contribution in [2.45, 2.75) is 12.8 Å². The maximum absolute atomic E-state index is 2.29. The van der Waals surface area contributed by atoms with E-state index in [9.17, 15) is 0 Å². The highest BCUT2D eigenvalue weighted by Crippen LogP contribution is 2.55. The Morgan fingerprint density at radius 1 is 0.591 bits per heavy atom. The van der Waals surface area contributed by atoms with E-state index in [1.54, 1.807) is 20.5 Å². The molecular weight excluding hydrogens is 304 g/mol. The van der Waals surface area contributed by atoms with Gasteiger partial charge in [-0.1, -0.05) is 48.5 Å². The van der Waals surface area contributed by atoms with E-state index in [-0.39, 0.29) is 0 Å². The number of fused-ring (bicyclic) bond motifs is 9. The van der Waals surface area contributed by atoms with Gasteiger partial charge in [0.25, 0.3) is 0 Å². The van der Waals surface area contributed by atoms with Gasteiger partial charge in [0, 0.05) is 22.6 Å². The van der Waals surface area contributed by atoms with Crippen molar-refractivity contribution >= 4 is 32.1 Å². The summed E-state index contributed by atoms with van der Waals surface area (Å²) in [5.41, 5.74) is 9.10. The van der Waals surface area contributed by atoms with Crippen LogP contribution >= 0.6 is 22.7 Å². The highest BCUT2D eigenvalue weighted by atomic mass is 32.1. The van der Waals surface area contributed by atoms with Gasteiger partial charge in [-0.25, -0.2) is 0 Å². The molecule has 2 aromatic heterocycles. The average molecular weight is 316 g/mol. The van der Waals surface area contributed by atoms with Gasteiger partial charge in [-0.05, 0) is 33.4 Å². The fourth-order valence-electron chi connectivity index (χ4n) is 3.95. The molecule has 104 valence electrons. The van der Waals surface area contributed by atoms with Crippen LogP contribution in [-0.2, 0) is 12.8 Å². The van der Waals surface area contributed by atoms with Gasteiger partial charge in [0.1, 0.15) is 0 Å². The number of thiophene rings is 2. The molecule has 22 heavy (non-hydrogen) atoms. The molecule has 0 saturated heterocycles. The van der Waals surface area contributed by atoms with Crippen LogP contribution in [0.2, 0.25) is 0 Å². The molecule has 0 atom stereocenters. The van der Waals surface area contributed by atoms with Crippen LogP contribution in [0.25, 0.3) is 30.3 Å². The second kappa shape index (κ2) is 3.89. The van der Waals surface area contributed by atoms with Crippen molar-refractivity contribution in [3.8, 4) is 20.9 Å². The molecule has 0 saturated carbocycles. The van der Waals surface area contributed by atoms with Crippen LogP contribution in [0.4, 0.5) is 0 Å². The first-order valence-corrected chi connectivity index (χ1v) is 9.27. The van der Waals surface area contributed by atoms with Crippen molar-refractivity contribution < 1.29 is 0 Å². The summed E-state index contributed by atoms with van der Waals surface area (Å²) in [6.45, 7) is 0. The van der Waals surface area contributed by atoms with E-state index in [1.807, 2.05) is 22.7 Å². The molecule has 0 bridgehead atoms. The maximum Gasteiger partial charge on any atom is 0.0502 e. The van der Waals surface area contributed by atoms with E-state index >= 15 is 0 Å².